The Balaban J connectivity index is 2.28. The van der Waals surface area contributed by atoms with E-state index >= 15 is 0 Å². The summed E-state index contributed by atoms with van der Waals surface area (Å²) in [6, 6.07) is 13.2. The SMILES string of the molecule is CCc1ccccc1NC(=O)c1cc(S)ccc1Br. The van der Waals surface area contributed by atoms with Crippen LogP contribution in [0.2, 0.25) is 0 Å². The van der Waals surface area contributed by atoms with Gasteiger partial charge in [-0.3, -0.25) is 4.79 Å². The van der Waals surface area contributed by atoms with Gasteiger partial charge in [-0.15, -0.1) is 12.6 Å². The summed E-state index contributed by atoms with van der Waals surface area (Å²) < 4.78 is 0.761. The number of para-hydroxylation sites is 1. The van der Waals surface area contributed by atoms with E-state index in [1.807, 2.05) is 36.4 Å². The number of benzene rings is 2. The summed E-state index contributed by atoms with van der Waals surface area (Å²) in [4.78, 5) is 13.0. The molecule has 0 spiro atoms. The second-order valence-corrected chi connectivity index (χ2v) is 5.50. The first-order chi connectivity index (χ1) is 9.11. The maximum atomic E-state index is 12.3. The van der Waals surface area contributed by atoms with Gasteiger partial charge in [-0.25, -0.2) is 0 Å². The van der Waals surface area contributed by atoms with Crippen molar-refractivity contribution in [2.45, 2.75) is 18.2 Å². The van der Waals surface area contributed by atoms with Gasteiger partial charge in [-0.05, 0) is 52.2 Å². The number of thiol groups is 1. The summed E-state index contributed by atoms with van der Waals surface area (Å²) in [5.41, 5.74) is 2.55. The lowest BCUT2D eigenvalue weighted by Gasteiger charge is -2.11. The van der Waals surface area contributed by atoms with Crippen LogP contribution in [0.25, 0.3) is 0 Å². The Kier molecular flexibility index (Phi) is 4.66. The fourth-order valence-electron chi connectivity index (χ4n) is 1.83. The molecule has 0 aliphatic heterocycles. The molecule has 0 heterocycles. The van der Waals surface area contributed by atoms with E-state index in [9.17, 15) is 4.79 Å². The second kappa shape index (κ2) is 6.26. The minimum atomic E-state index is -0.135. The minimum Gasteiger partial charge on any atom is -0.322 e. The van der Waals surface area contributed by atoms with Crippen molar-refractivity contribution in [3.8, 4) is 0 Å². The van der Waals surface area contributed by atoms with Crippen LogP contribution < -0.4 is 5.32 Å². The van der Waals surface area contributed by atoms with Crippen LogP contribution in [0, 0.1) is 0 Å². The van der Waals surface area contributed by atoms with Crippen LogP contribution >= 0.6 is 28.6 Å². The summed E-state index contributed by atoms with van der Waals surface area (Å²) in [5, 5.41) is 2.94. The monoisotopic (exact) mass is 335 g/mol. The lowest BCUT2D eigenvalue weighted by atomic mass is 10.1. The Morgan fingerprint density at radius 2 is 2.00 bits per heavy atom. The van der Waals surface area contributed by atoms with Crippen LogP contribution in [0.4, 0.5) is 5.69 Å². The third kappa shape index (κ3) is 3.39. The smallest absolute Gasteiger partial charge is 0.256 e. The molecular weight excluding hydrogens is 322 g/mol. The normalized spacial score (nSPS) is 10.3. The molecule has 98 valence electrons. The number of hydrogen-bond donors (Lipinski definition) is 2. The van der Waals surface area contributed by atoms with Gasteiger partial charge in [-0.1, -0.05) is 25.1 Å². The zero-order valence-electron chi connectivity index (χ0n) is 10.5. The molecule has 1 N–H and O–H groups in total. The van der Waals surface area contributed by atoms with E-state index in [0.717, 1.165) is 27.0 Å². The van der Waals surface area contributed by atoms with Crippen molar-refractivity contribution in [2.75, 3.05) is 5.32 Å². The standard InChI is InChI=1S/C15H14BrNOS/c1-2-10-5-3-4-6-14(10)17-15(18)12-9-11(19)7-8-13(12)16/h3-9,19H,2H2,1H3,(H,17,18). The summed E-state index contributed by atoms with van der Waals surface area (Å²) in [6.45, 7) is 2.06. The number of carbonyl (C=O) groups is 1. The Bertz CT molecular complexity index is 613. The van der Waals surface area contributed by atoms with Crippen LogP contribution in [0.3, 0.4) is 0 Å². The molecule has 0 radical (unpaired) electrons. The molecule has 2 rings (SSSR count). The fourth-order valence-corrected chi connectivity index (χ4v) is 2.46. The fraction of sp³-hybridized carbons (Fsp3) is 0.133. The van der Waals surface area contributed by atoms with Crippen molar-refractivity contribution in [3.05, 3.63) is 58.1 Å². The van der Waals surface area contributed by atoms with Crippen LogP contribution in [0.15, 0.2) is 51.8 Å². The number of nitrogens with one attached hydrogen (secondary N) is 1. The number of hydrogen-bond acceptors (Lipinski definition) is 2. The van der Waals surface area contributed by atoms with Gasteiger partial charge in [0.1, 0.15) is 0 Å². The highest BCUT2D eigenvalue weighted by Gasteiger charge is 2.11. The van der Waals surface area contributed by atoms with Crippen molar-refractivity contribution in [3.63, 3.8) is 0 Å². The Labute approximate surface area is 126 Å². The van der Waals surface area contributed by atoms with Crippen molar-refractivity contribution >= 4 is 40.2 Å². The molecule has 0 atom stereocenters. The summed E-state index contributed by atoms with van der Waals surface area (Å²) in [7, 11) is 0. The van der Waals surface area contributed by atoms with E-state index in [1.165, 1.54) is 0 Å². The number of rotatable bonds is 3. The van der Waals surface area contributed by atoms with Gasteiger partial charge in [-0.2, -0.15) is 0 Å². The number of carbonyl (C=O) groups excluding carboxylic acids is 1. The van der Waals surface area contributed by atoms with Gasteiger partial charge < -0.3 is 5.32 Å². The third-order valence-corrected chi connectivity index (χ3v) is 3.81. The molecule has 0 unspecified atom stereocenters. The average Bonchev–Trinajstić information content (AvgIpc) is 2.42. The zero-order valence-corrected chi connectivity index (χ0v) is 13.0. The molecule has 2 nitrogen and oxygen atoms in total. The highest BCUT2D eigenvalue weighted by atomic mass is 79.9. The molecular formula is C15H14BrNOS. The first-order valence-electron chi connectivity index (χ1n) is 5.99. The van der Waals surface area contributed by atoms with E-state index < -0.39 is 0 Å². The molecule has 2 aromatic carbocycles. The van der Waals surface area contributed by atoms with E-state index in [0.29, 0.717) is 5.56 Å². The van der Waals surface area contributed by atoms with Crippen LogP contribution in [0.5, 0.6) is 0 Å². The Morgan fingerprint density at radius 3 is 2.74 bits per heavy atom. The quantitative estimate of drug-likeness (QED) is 0.791. The van der Waals surface area contributed by atoms with Gasteiger partial charge in [0.15, 0.2) is 0 Å². The highest BCUT2D eigenvalue weighted by molar-refractivity contribution is 9.10. The lowest BCUT2D eigenvalue weighted by Crippen LogP contribution is -2.13. The maximum Gasteiger partial charge on any atom is 0.256 e. The first kappa shape index (κ1) is 14.2. The summed E-state index contributed by atoms with van der Waals surface area (Å²) >= 11 is 7.65. The van der Waals surface area contributed by atoms with E-state index in [1.54, 1.807) is 6.07 Å². The molecule has 2 aromatic rings. The zero-order chi connectivity index (χ0) is 13.8. The Hall–Kier alpha value is -1.26. The minimum absolute atomic E-state index is 0.135. The van der Waals surface area contributed by atoms with Gasteiger partial charge in [0, 0.05) is 15.1 Å². The number of amides is 1. The molecule has 4 heteroatoms. The predicted octanol–water partition coefficient (Wildman–Crippen LogP) is 4.55. The highest BCUT2D eigenvalue weighted by Crippen LogP contribution is 2.23. The summed E-state index contributed by atoms with van der Waals surface area (Å²) in [6.07, 6.45) is 0.879. The van der Waals surface area contributed by atoms with Crippen LogP contribution in [0.1, 0.15) is 22.8 Å². The largest absolute Gasteiger partial charge is 0.322 e. The molecule has 0 saturated heterocycles. The number of anilines is 1. The lowest BCUT2D eigenvalue weighted by molar-refractivity contribution is 0.102. The van der Waals surface area contributed by atoms with Gasteiger partial charge in [0.2, 0.25) is 0 Å². The van der Waals surface area contributed by atoms with Crippen LogP contribution in [-0.4, -0.2) is 5.91 Å². The van der Waals surface area contributed by atoms with E-state index in [-0.39, 0.29) is 5.91 Å². The topological polar surface area (TPSA) is 29.1 Å². The molecule has 0 aliphatic rings. The molecule has 0 saturated carbocycles. The Morgan fingerprint density at radius 1 is 1.26 bits per heavy atom. The molecule has 1 amide bonds. The van der Waals surface area contributed by atoms with E-state index in [4.69, 9.17) is 0 Å². The maximum absolute atomic E-state index is 12.3. The molecule has 0 aromatic heterocycles. The molecule has 19 heavy (non-hydrogen) atoms. The van der Waals surface area contributed by atoms with Gasteiger partial charge in [0.25, 0.3) is 5.91 Å². The van der Waals surface area contributed by atoms with Gasteiger partial charge >= 0.3 is 0 Å². The van der Waals surface area contributed by atoms with Crippen molar-refractivity contribution in [1.29, 1.82) is 0 Å². The van der Waals surface area contributed by atoms with Crippen LogP contribution in [-0.2, 0) is 6.42 Å². The molecule has 0 aliphatic carbocycles. The predicted molar refractivity (Wildman–Crippen MR) is 85.2 cm³/mol. The van der Waals surface area contributed by atoms with Crippen molar-refractivity contribution in [2.24, 2.45) is 0 Å². The first-order valence-corrected chi connectivity index (χ1v) is 7.23. The third-order valence-electron chi connectivity index (χ3n) is 2.84. The number of aryl methyl sites for hydroxylation is 1. The average molecular weight is 336 g/mol. The van der Waals surface area contributed by atoms with E-state index in [2.05, 4.69) is 40.8 Å². The van der Waals surface area contributed by atoms with Gasteiger partial charge in [0.05, 0.1) is 5.56 Å². The van der Waals surface area contributed by atoms with Crippen molar-refractivity contribution < 1.29 is 4.79 Å². The number of halogens is 1. The summed E-state index contributed by atoms with van der Waals surface area (Å²) in [5.74, 6) is -0.135. The molecule has 0 fully saturated rings. The van der Waals surface area contributed by atoms with Crippen molar-refractivity contribution in [1.82, 2.24) is 0 Å². The molecule has 0 bridgehead atoms. The second-order valence-electron chi connectivity index (χ2n) is 4.13.